The van der Waals surface area contributed by atoms with Gasteiger partial charge in [-0.2, -0.15) is 0 Å². The summed E-state index contributed by atoms with van der Waals surface area (Å²) in [5.74, 6) is 0. The first-order chi connectivity index (χ1) is 9.56. The molecule has 1 heterocycles. The molecule has 0 fully saturated rings. The van der Waals surface area contributed by atoms with E-state index in [9.17, 15) is 0 Å². The van der Waals surface area contributed by atoms with Crippen LogP contribution < -0.4 is 0 Å². The molecule has 0 spiro atoms. The van der Waals surface area contributed by atoms with E-state index >= 15 is 0 Å². The quantitative estimate of drug-likeness (QED) is 0.382. The Morgan fingerprint density at radius 3 is 2.55 bits per heavy atom. The van der Waals surface area contributed by atoms with E-state index in [4.69, 9.17) is 11.6 Å². The molecule has 0 amide bonds. The molecule has 0 aliphatic rings. The number of hydrogen-bond acceptors (Lipinski definition) is 1. The van der Waals surface area contributed by atoms with Crippen molar-refractivity contribution in [2.24, 2.45) is 0 Å². The monoisotopic (exact) mass is 428 g/mol. The summed E-state index contributed by atoms with van der Waals surface area (Å²) in [5.41, 5.74) is 2.29. The van der Waals surface area contributed by atoms with Crippen LogP contribution in [-0.4, -0.2) is 0 Å². The van der Waals surface area contributed by atoms with Crippen molar-refractivity contribution in [2.75, 3.05) is 0 Å². The van der Waals surface area contributed by atoms with Crippen LogP contribution in [0.5, 0.6) is 0 Å². The van der Waals surface area contributed by atoms with E-state index in [1.165, 1.54) is 20.5 Å². The van der Waals surface area contributed by atoms with Crippen molar-refractivity contribution >= 4 is 64.9 Å². The molecule has 1 aromatic heterocycles. The third-order valence-corrected chi connectivity index (χ3v) is 6.57. The average molecular weight is 431 g/mol. The molecule has 20 heavy (non-hydrogen) atoms. The van der Waals surface area contributed by atoms with Gasteiger partial charge >= 0.3 is 0 Å². The highest BCUT2D eigenvalue weighted by Gasteiger charge is 2.17. The van der Waals surface area contributed by atoms with Crippen LogP contribution in [0.25, 0.3) is 10.1 Å². The van der Waals surface area contributed by atoms with Gasteiger partial charge in [-0.3, -0.25) is 0 Å². The molecule has 102 valence electrons. The van der Waals surface area contributed by atoms with E-state index in [-0.39, 0.29) is 5.38 Å². The first-order valence-electron chi connectivity index (χ1n) is 6.14. The predicted molar refractivity (Wildman–Crippen MR) is 96.1 cm³/mol. The van der Waals surface area contributed by atoms with Crippen LogP contribution in [0.15, 0.2) is 51.4 Å². The van der Waals surface area contributed by atoms with Gasteiger partial charge in [0.05, 0.1) is 5.38 Å². The van der Waals surface area contributed by atoms with Gasteiger partial charge in [-0.1, -0.05) is 50.1 Å². The molecule has 0 saturated carbocycles. The van der Waals surface area contributed by atoms with Crippen molar-refractivity contribution in [1.29, 1.82) is 0 Å². The van der Waals surface area contributed by atoms with Crippen LogP contribution in [0, 0.1) is 6.92 Å². The lowest BCUT2D eigenvalue weighted by Gasteiger charge is -2.12. The Hall–Kier alpha value is -0.350. The molecule has 1 atom stereocenters. The summed E-state index contributed by atoms with van der Waals surface area (Å²) in [6, 6.07) is 14.7. The average Bonchev–Trinajstić information content (AvgIpc) is 2.86. The second-order valence-electron chi connectivity index (χ2n) is 4.67. The van der Waals surface area contributed by atoms with Gasteiger partial charge in [0.15, 0.2) is 0 Å². The Morgan fingerprint density at radius 2 is 1.80 bits per heavy atom. The summed E-state index contributed by atoms with van der Waals surface area (Å²) >= 11 is 15.6. The maximum atomic E-state index is 6.69. The van der Waals surface area contributed by atoms with Crippen molar-refractivity contribution in [3.8, 4) is 0 Å². The Kier molecular flexibility index (Phi) is 4.23. The first-order valence-corrected chi connectivity index (χ1v) is 8.98. The second-order valence-corrected chi connectivity index (χ2v) is 7.93. The Balaban J connectivity index is 2.07. The third kappa shape index (κ3) is 2.69. The molecule has 0 aliphatic carbocycles. The zero-order chi connectivity index (χ0) is 14.3. The molecule has 0 N–H and O–H groups in total. The van der Waals surface area contributed by atoms with Crippen molar-refractivity contribution in [2.45, 2.75) is 12.3 Å². The fourth-order valence-corrected chi connectivity index (χ4v) is 4.75. The van der Waals surface area contributed by atoms with Crippen molar-refractivity contribution in [1.82, 2.24) is 0 Å². The van der Waals surface area contributed by atoms with E-state index in [0.717, 1.165) is 14.5 Å². The molecule has 0 aliphatic heterocycles. The van der Waals surface area contributed by atoms with Crippen LogP contribution in [-0.2, 0) is 0 Å². The fraction of sp³-hybridized carbons (Fsp3) is 0.125. The highest BCUT2D eigenvalue weighted by atomic mass is 79.9. The van der Waals surface area contributed by atoms with Gasteiger partial charge in [0.1, 0.15) is 0 Å². The summed E-state index contributed by atoms with van der Waals surface area (Å²) < 4.78 is 3.41. The minimum Gasteiger partial charge on any atom is -0.138 e. The Labute approximate surface area is 144 Å². The SMILES string of the molecule is Cc1cc(Br)c(C(Cl)c2cc3ccccc3s2)cc1Br. The predicted octanol–water partition coefficient (Wildman–Crippen LogP) is 7.06. The van der Waals surface area contributed by atoms with Crippen LogP contribution in [0.2, 0.25) is 0 Å². The summed E-state index contributed by atoms with van der Waals surface area (Å²) in [4.78, 5) is 1.17. The van der Waals surface area contributed by atoms with Crippen LogP contribution in [0.3, 0.4) is 0 Å². The molecular weight excluding hydrogens is 420 g/mol. The van der Waals surface area contributed by atoms with E-state index < -0.39 is 0 Å². The molecule has 0 nitrogen and oxygen atoms in total. The highest BCUT2D eigenvalue weighted by Crippen LogP contribution is 2.41. The van der Waals surface area contributed by atoms with Gasteiger partial charge in [0.25, 0.3) is 0 Å². The van der Waals surface area contributed by atoms with Crippen molar-refractivity contribution < 1.29 is 0 Å². The maximum Gasteiger partial charge on any atom is 0.0939 e. The summed E-state index contributed by atoms with van der Waals surface area (Å²) in [7, 11) is 0. The number of thiophene rings is 1. The second kappa shape index (κ2) is 5.80. The number of aryl methyl sites for hydroxylation is 1. The smallest absolute Gasteiger partial charge is 0.0939 e. The number of halogens is 3. The zero-order valence-electron chi connectivity index (χ0n) is 10.7. The molecule has 2 aromatic carbocycles. The molecule has 0 saturated heterocycles. The topological polar surface area (TPSA) is 0 Å². The molecule has 3 aromatic rings. The van der Waals surface area contributed by atoms with Crippen LogP contribution in [0.1, 0.15) is 21.4 Å². The number of hydrogen-bond donors (Lipinski definition) is 0. The molecule has 1 unspecified atom stereocenters. The minimum atomic E-state index is -0.140. The largest absolute Gasteiger partial charge is 0.138 e. The number of rotatable bonds is 2. The Bertz CT molecular complexity index is 746. The maximum absolute atomic E-state index is 6.69. The van der Waals surface area contributed by atoms with Gasteiger partial charge < -0.3 is 0 Å². The van der Waals surface area contributed by atoms with E-state index in [2.05, 4.69) is 81.2 Å². The van der Waals surface area contributed by atoms with Crippen molar-refractivity contribution in [3.63, 3.8) is 0 Å². The summed E-state index contributed by atoms with van der Waals surface area (Å²) in [5, 5.41) is 1.11. The van der Waals surface area contributed by atoms with Crippen LogP contribution in [0.4, 0.5) is 0 Å². The van der Waals surface area contributed by atoms with E-state index in [0.29, 0.717) is 0 Å². The zero-order valence-corrected chi connectivity index (χ0v) is 15.4. The molecule has 3 rings (SSSR count). The molecule has 4 heteroatoms. The fourth-order valence-electron chi connectivity index (χ4n) is 2.14. The normalized spacial score (nSPS) is 12.8. The van der Waals surface area contributed by atoms with Gasteiger partial charge in [0.2, 0.25) is 0 Å². The number of alkyl halides is 1. The molecule has 0 bridgehead atoms. The lowest BCUT2D eigenvalue weighted by atomic mass is 10.1. The lowest BCUT2D eigenvalue weighted by Crippen LogP contribution is -1.93. The first kappa shape index (κ1) is 14.6. The molecular formula is C16H11Br2ClS. The Morgan fingerprint density at radius 1 is 1.05 bits per heavy atom. The van der Waals surface area contributed by atoms with Gasteiger partial charge in [-0.25, -0.2) is 0 Å². The van der Waals surface area contributed by atoms with Crippen LogP contribution >= 0.6 is 54.8 Å². The highest BCUT2D eigenvalue weighted by molar-refractivity contribution is 9.11. The standard InChI is InChI=1S/C16H11Br2ClS/c1-9-6-13(18)11(8-12(9)17)16(19)15-7-10-4-2-3-5-14(10)20-15/h2-8,16H,1H3. The van der Waals surface area contributed by atoms with Gasteiger partial charge in [-0.05, 0) is 47.7 Å². The summed E-state index contributed by atoms with van der Waals surface area (Å²) in [6.07, 6.45) is 0. The number of fused-ring (bicyclic) bond motifs is 1. The molecule has 0 radical (unpaired) electrons. The van der Waals surface area contributed by atoms with Gasteiger partial charge in [-0.15, -0.1) is 22.9 Å². The number of benzene rings is 2. The minimum absolute atomic E-state index is 0.140. The summed E-state index contributed by atoms with van der Waals surface area (Å²) in [6.45, 7) is 2.07. The van der Waals surface area contributed by atoms with Crippen molar-refractivity contribution in [3.05, 3.63) is 67.4 Å². The third-order valence-electron chi connectivity index (χ3n) is 3.25. The van der Waals surface area contributed by atoms with E-state index in [1.807, 2.05) is 0 Å². The van der Waals surface area contributed by atoms with Gasteiger partial charge in [0, 0.05) is 18.5 Å². The lowest BCUT2D eigenvalue weighted by molar-refractivity contribution is 1.16. The van der Waals surface area contributed by atoms with E-state index in [1.54, 1.807) is 11.3 Å².